The van der Waals surface area contributed by atoms with Crippen LogP contribution >= 0.6 is 11.6 Å². The molecule has 0 unspecified atom stereocenters. The van der Waals surface area contributed by atoms with Crippen LogP contribution in [0.1, 0.15) is 37.7 Å². The highest BCUT2D eigenvalue weighted by Crippen LogP contribution is 2.33. The second-order valence-corrected chi connectivity index (χ2v) is 8.05. The molecule has 30 heavy (non-hydrogen) atoms. The van der Waals surface area contributed by atoms with Crippen LogP contribution in [0.25, 0.3) is 0 Å². The fourth-order valence-electron chi connectivity index (χ4n) is 3.82. The quantitative estimate of drug-likeness (QED) is 0.742. The lowest BCUT2D eigenvalue weighted by atomic mass is 10.2. The maximum Gasteiger partial charge on any atom is 0.417 e. The summed E-state index contributed by atoms with van der Waals surface area (Å²) < 4.78 is 38.4. The summed E-state index contributed by atoms with van der Waals surface area (Å²) >= 11 is 6.04. The highest BCUT2D eigenvalue weighted by Gasteiger charge is 2.32. The summed E-state index contributed by atoms with van der Waals surface area (Å²) in [5.41, 5.74) is -0.889. The van der Waals surface area contributed by atoms with Gasteiger partial charge in [-0.05, 0) is 25.3 Å². The number of alkyl halides is 3. The van der Waals surface area contributed by atoms with E-state index >= 15 is 0 Å². The molecule has 3 rings (SSSR count). The van der Waals surface area contributed by atoms with Crippen molar-refractivity contribution in [3.05, 3.63) is 22.8 Å². The average Bonchev–Trinajstić information content (AvgIpc) is 3.05. The smallest absolute Gasteiger partial charge is 0.354 e. The number of nitrogens with zero attached hydrogens (tertiary/aromatic N) is 3. The van der Waals surface area contributed by atoms with Crippen LogP contribution in [0, 0.1) is 0 Å². The fraction of sp³-hybridized carbons (Fsp3) is 0.632. The van der Waals surface area contributed by atoms with Gasteiger partial charge in [0.05, 0.1) is 17.1 Å². The Morgan fingerprint density at radius 1 is 1.13 bits per heavy atom. The van der Waals surface area contributed by atoms with Gasteiger partial charge >= 0.3 is 12.2 Å². The fourth-order valence-corrected chi connectivity index (χ4v) is 4.11. The summed E-state index contributed by atoms with van der Waals surface area (Å²) in [4.78, 5) is 31.7. The molecular formula is C19H25ClF3N5O2. The lowest BCUT2D eigenvalue weighted by molar-refractivity contribution is -0.137. The van der Waals surface area contributed by atoms with Gasteiger partial charge in [0.2, 0.25) is 5.91 Å². The molecule has 7 nitrogen and oxygen atoms in total. The molecule has 0 radical (unpaired) electrons. The highest BCUT2D eigenvalue weighted by molar-refractivity contribution is 6.33. The number of carbonyl (C=O) groups excluding carboxylic acids is 2. The van der Waals surface area contributed by atoms with Crippen molar-refractivity contribution in [3.63, 3.8) is 0 Å². The Labute approximate surface area is 177 Å². The molecule has 1 aromatic rings. The molecule has 0 spiro atoms. The van der Waals surface area contributed by atoms with E-state index in [0.29, 0.717) is 38.4 Å². The molecule has 0 atom stereocenters. The van der Waals surface area contributed by atoms with E-state index in [1.165, 1.54) is 0 Å². The van der Waals surface area contributed by atoms with Crippen molar-refractivity contribution in [2.45, 2.75) is 44.3 Å². The molecule has 1 aliphatic carbocycles. The first-order valence-corrected chi connectivity index (χ1v) is 10.4. The van der Waals surface area contributed by atoms with E-state index < -0.39 is 17.8 Å². The van der Waals surface area contributed by atoms with Gasteiger partial charge in [0, 0.05) is 38.4 Å². The molecular weight excluding hydrogens is 423 g/mol. The van der Waals surface area contributed by atoms with Gasteiger partial charge in [0.15, 0.2) is 0 Å². The number of hydrogen-bond donors (Lipinski definition) is 2. The zero-order valence-corrected chi connectivity index (χ0v) is 17.2. The van der Waals surface area contributed by atoms with Gasteiger partial charge in [-0.1, -0.05) is 24.4 Å². The van der Waals surface area contributed by atoms with E-state index in [1.807, 2.05) is 9.80 Å². The molecule has 1 aliphatic heterocycles. The topological polar surface area (TPSA) is 77.6 Å². The Morgan fingerprint density at radius 3 is 2.53 bits per heavy atom. The SMILES string of the molecule is O=C(CN1CCCN(c2ncc(C(F)(F)F)cc2Cl)CC1)NC(=O)NC1CCCC1. The number of anilines is 1. The molecule has 2 aliphatic rings. The molecule has 3 amide bonds. The van der Waals surface area contributed by atoms with E-state index in [9.17, 15) is 22.8 Å². The van der Waals surface area contributed by atoms with E-state index in [0.717, 1.165) is 37.9 Å². The van der Waals surface area contributed by atoms with Gasteiger partial charge in [-0.15, -0.1) is 0 Å². The number of halogens is 4. The van der Waals surface area contributed by atoms with Crippen molar-refractivity contribution in [1.29, 1.82) is 0 Å². The van der Waals surface area contributed by atoms with Crippen molar-refractivity contribution in [2.75, 3.05) is 37.6 Å². The summed E-state index contributed by atoms with van der Waals surface area (Å²) in [6.45, 7) is 2.20. The number of carbonyl (C=O) groups is 2. The highest BCUT2D eigenvalue weighted by atomic mass is 35.5. The number of nitrogens with one attached hydrogen (secondary N) is 2. The standard InChI is InChI=1S/C19H25ClF3N5O2/c20-15-10-13(19(21,22)23)11-24-17(15)28-7-3-6-27(8-9-28)12-16(29)26-18(30)25-14-4-1-2-5-14/h10-11,14H,1-9,12H2,(H2,25,26,29,30). The third-order valence-electron chi connectivity index (χ3n) is 5.35. The van der Waals surface area contributed by atoms with Crippen LogP contribution in [0.5, 0.6) is 0 Å². The third-order valence-corrected chi connectivity index (χ3v) is 5.63. The van der Waals surface area contributed by atoms with Gasteiger partial charge in [0.1, 0.15) is 5.82 Å². The van der Waals surface area contributed by atoms with Gasteiger partial charge in [0.25, 0.3) is 0 Å². The number of amides is 3. The van der Waals surface area contributed by atoms with E-state index in [1.54, 1.807) is 0 Å². The summed E-state index contributed by atoms with van der Waals surface area (Å²) in [5.74, 6) is -0.0865. The lowest BCUT2D eigenvalue weighted by Crippen LogP contribution is -2.47. The number of imide groups is 1. The average molecular weight is 448 g/mol. The Bertz CT molecular complexity index is 771. The molecule has 0 bridgehead atoms. The Balaban J connectivity index is 1.50. The monoisotopic (exact) mass is 447 g/mol. The summed E-state index contributed by atoms with van der Waals surface area (Å²) in [5, 5.41) is 5.12. The summed E-state index contributed by atoms with van der Waals surface area (Å²) in [6.07, 6.45) is 0.999. The Hall–Kier alpha value is -2.07. The minimum Gasteiger partial charge on any atom is -0.354 e. The molecule has 1 aromatic heterocycles. The van der Waals surface area contributed by atoms with Gasteiger partial charge < -0.3 is 10.2 Å². The maximum absolute atomic E-state index is 12.8. The Morgan fingerprint density at radius 2 is 1.87 bits per heavy atom. The van der Waals surface area contributed by atoms with Crippen LogP contribution in [0.4, 0.5) is 23.8 Å². The zero-order chi connectivity index (χ0) is 21.7. The van der Waals surface area contributed by atoms with Crippen LogP contribution in [-0.2, 0) is 11.0 Å². The minimum absolute atomic E-state index is 0.0559. The second-order valence-electron chi connectivity index (χ2n) is 7.65. The number of aromatic nitrogens is 1. The Kier molecular flexibility index (Phi) is 7.41. The normalized spacial score (nSPS) is 18.9. The maximum atomic E-state index is 12.8. The van der Waals surface area contributed by atoms with Crippen molar-refractivity contribution >= 4 is 29.4 Å². The molecule has 11 heteroatoms. The largest absolute Gasteiger partial charge is 0.417 e. The predicted molar refractivity (Wildman–Crippen MR) is 106 cm³/mol. The molecule has 0 aromatic carbocycles. The van der Waals surface area contributed by atoms with E-state index in [-0.39, 0.29) is 23.5 Å². The number of rotatable bonds is 4. The molecule has 1 saturated heterocycles. The summed E-state index contributed by atoms with van der Waals surface area (Å²) in [6, 6.07) is 0.540. The van der Waals surface area contributed by atoms with Gasteiger partial charge in [-0.3, -0.25) is 15.0 Å². The molecule has 2 N–H and O–H groups in total. The minimum atomic E-state index is -4.50. The molecule has 166 valence electrons. The number of hydrogen-bond acceptors (Lipinski definition) is 5. The van der Waals surface area contributed by atoms with Crippen LogP contribution in [-0.4, -0.2) is 60.6 Å². The van der Waals surface area contributed by atoms with Gasteiger partial charge in [-0.25, -0.2) is 9.78 Å². The van der Waals surface area contributed by atoms with Gasteiger partial charge in [-0.2, -0.15) is 13.2 Å². The molecule has 2 heterocycles. The van der Waals surface area contributed by atoms with E-state index in [2.05, 4.69) is 15.6 Å². The van der Waals surface area contributed by atoms with Crippen LogP contribution in [0.15, 0.2) is 12.3 Å². The first kappa shape index (κ1) is 22.6. The third kappa shape index (κ3) is 6.21. The van der Waals surface area contributed by atoms with Crippen molar-refractivity contribution in [3.8, 4) is 0 Å². The number of urea groups is 1. The van der Waals surface area contributed by atoms with Crippen molar-refractivity contribution in [2.24, 2.45) is 0 Å². The van der Waals surface area contributed by atoms with Crippen LogP contribution in [0.2, 0.25) is 5.02 Å². The lowest BCUT2D eigenvalue weighted by Gasteiger charge is -2.23. The van der Waals surface area contributed by atoms with Crippen molar-refractivity contribution in [1.82, 2.24) is 20.5 Å². The predicted octanol–water partition coefficient (Wildman–Crippen LogP) is 3.03. The zero-order valence-electron chi connectivity index (χ0n) is 16.5. The summed E-state index contributed by atoms with van der Waals surface area (Å²) in [7, 11) is 0. The van der Waals surface area contributed by atoms with Crippen LogP contribution < -0.4 is 15.5 Å². The molecule has 1 saturated carbocycles. The second kappa shape index (κ2) is 9.82. The van der Waals surface area contributed by atoms with E-state index in [4.69, 9.17) is 11.6 Å². The van der Waals surface area contributed by atoms with Crippen LogP contribution in [0.3, 0.4) is 0 Å². The number of pyridine rings is 1. The molecule has 2 fully saturated rings. The van der Waals surface area contributed by atoms with Crippen molar-refractivity contribution < 1.29 is 22.8 Å². The first-order chi connectivity index (χ1) is 14.2. The first-order valence-electron chi connectivity index (χ1n) is 10.0.